The van der Waals surface area contributed by atoms with E-state index < -0.39 is 27.3 Å². The SMILES string of the molecule is C[C@@H]1Cc2c(C(=O)NCCS(=O)(=O)c3ccccc3F)nn(C)c2[C@H](C)O1. The number of ether oxygens (including phenoxy) is 1. The highest BCUT2D eigenvalue weighted by Gasteiger charge is 2.31. The van der Waals surface area contributed by atoms with E-state index in [0.717, 1.165) is 17.3 Å². The van der Waals surface area contributed by atoms with Crippen LogP contribution >= 0.6 is 0 Å². The molecule has 0 saturated carbocycles. The van der Waals surface area contributed by atoms with Gasteiger partial charge in [0, 0.05) is 25.6 Å². The Kier molecular flexibility index (Phi) is 5.34. The lowest BCUT2D eigenvalue weighted by molar-refractivity contribution is -0.00902. The molecule has 2 heterocycles. The molecule has 1 amide bonds. The molecule has 0 saturated heterocycles. The number of nitrogens with zero attached hydrogens (tertiary/aromatic N) is 2. The molecule has 1 aromatic heterocycles. The van der Waals surface area contributed by atoms with E-state index in [1.54, 1.807) is 11.7 Å². The number of halogens is 1. The molecule has 1 aliphatic heterocycles. The van der Waals surface area contributed by atoms with Crippen LogP contribution in [-0.2, 0) is 28.0 Å². The summed E-state index contributed by atoms with van der Waals surface area (Å²) in [5.74, 6) is -1.65. The first-order valence-electron chi connectivity index (χ1n) is 8.67. The van der Waals surface area contributed by atoms with Gasteiger partial charge in [0.05, 0.1) is 23.7 Å². The topological polar surface area (TPSA) is 90.3 Å². The summed E-state index contributed by atoms with van der Waals surface area (Å²) < 4.78 is 45.6. The molecule has 1 aliphatic rings. The maximum Gasteiger partial charge on any atom is 0.272 e. The third kappa shape index (κ3) is 3.89. The smallest absolute Gasteiger partial charge is 0.272 e. The lowest BCUT2D eigenvalue weighted by Crippen LogP contribution is -2.31. The number of benzene rings is 1. The predicted molar refractivity (Wildman–Crippen MR) is 96.7 cm³/mol. The zero-order chi connectivity index (χ0) is 19.8. The molecule has 2 atom stereocenters. The standard InChI is InChI=1S/C18H22FN3O4S/c1-11-10-13-16(21-22(3)17(13)12(2)26-11)18(23)20-8-9-27(24,25)15-7-5-4-6-14(15)19/h4-7,11-12H,8-10H2,1-3H3,(H,20,23)/t11-,12+/m1/s1. The highest BCUT2D eigenvalue weighted by atomic mass is 32.2. The van der Waals surface area contributed by atoms with E-state index in [0.29, 0.717) is 6.42 Å². The van der Waals surface area contributed by atoms with Gasteiger partial charge in [0.2, 0.25) is 0 Å². The number of hydrogen-bond acceptors (Lipinski definition) is 5. The minimum Gasteiger partial charge on any atom is -0.369 e. The fourth-order valence-corrected chi connectivity index (χ4v) is 4.65. The van der Waals surface area contributed by atoms with Gasteiger partial charge in [-0.25, -0.2) is 12.8 Å². The fourth-order valence-electron chi connectivity index (χ4n) is 3.41. The van der Waals surface area contributed by atoms with Gasteiger partial charge in [0.1, 0.15) is 10.7 Å². The average molecular weight is 395 g/mol. The summed E-state index contributed by atoms with van der Waals surface area (Å²) in [5.41, 5.74) is 1.94. The van der Waals surface area contributed by atoms with E-state index >= 15 is 0 Å². The number of amides is 1. The summed E-state index contributed by atoms with van der Waals surface area (Å²) >= 11 is 0. The number of carbonyl (C=O) groups is 1. The maximum atomic E-state index is 13.7. The van der Waals surface area contributed by atoms with Gasteiger partial charge in [-0.15, -0.1) is 0 Å². The van der Waals surface area contributed by atoms with Crippen molar-refractivity contribution in [1.82, 2.24) is 15.1 Å². The average Bonchev–Trinajstić information content (AvgIpc) is 2.91. The minimum absolute atomic E-state index is 0.0373. The van der Waals surface area contributed by atoms with Crippen LogP contribution in [0.2, 0.25) is 0 Å². The van der Waals surface area contributed by atoms with E-state index in [4.69, 9.17) is 4.74 Å². The molecule has 27 heavy (non-hydrogen) atoms. The molecule has 1 N–H and O–H groups in total. The Balaban J connectivity index is 1.71. The van der Waals surface area contributed by atoms with Crippen LogP contribution in [0.3, 0.4) is 0 Å². The molecule has 0 unspecified atom stereocenters. The summed E-state index contributed by atoms with van der Waals surface area (Å²) in [5, 5.41) is 6.86. The molecule has 146 valence electrons. The van der Waals surface area contributed by atoms with Crippen LogP contribution in [-0.4, -0.2) is 42.5 Å². The Morgan fingerprint density at radius 3 is 2.78 bits per heavy atom. The van der Waals surface area contributed by atoms with Gasteiger partial charge in [-0.05, 0) is 26.0 Å². The van der Waals surface area contributed by atoms with Crippen molar-refractivity contribution in [3.63, 3.8) is 0 Å². The van der Waals surface area contributed by atoms with Crippen molar-refractivity contribution in [1.29, 1.82) is 0 Å². The molecule has 0 spiro atoms. The Hall–Kier alpha value is -2.26. The number of hydrogen-bond donors (Lipinski definition) is 1. The number of sulfone groups is 1. The Morgan fingerprint density at radius 1 is 1.37 bits per heavy atom. The zero-order valence-corrected chi connectivity index (χ0v) is 16.2. The lowest BCUT2D eigenvalue weighted by atomic mass is 9.99. The van der Waals surface area contributed by atoms with Gasteiger partial charge in [-0.1, -0.05) is 12.1 Å². The van der Waals surface area contributed by atoms with Gasteiger partial charge in [0.15, 0.2) is 15.5 Å². The van der Waals surface area contributed by atoms with Crippen LogP contribution in [0.25, 0.3) is 0 Å². The van der Waals surface area contributed by atoms with Crippen LogP contribution in [0.4, 0.5) is 4.39 Å². The van der Waals surface area contributed by atoms with Gasteiger partial charge < -0.3 is 10.1 Å². The Bertz CT molecular complexity index is 971. The summed E-state index contributed by atoms with van der Waals surface area (Å²) in [4.78, 5) is 12.2. The number of aryl methyl sites for hydroxylation is 1. The minimum atomic E-state index is -3.83. The second kappa shape index (κ2) is 7.40. The quantitative estimate of drug-likeness (QED) is 0.834. The maximum absolute atomic E-state index is 13.7. The first-order valence-corrected chi connectivity index (χ1v) is 10.3. The van der Waals surface area contributed by atoms with Gasteiger partial charge in [0.25, 0.3) is 5.91 Å². The second-order valence-electron chi connectivity index (χ2n) is 6.63. The van der Waals surface area contributed by atoms with Gasteiger partial charge >= 0.3 is 0 Å². The van der Waals surface area contributed by atoms with E-state index in [2.05, 4.69) is 10.4 Å². The lowest BCUT2D eigenvalue weighted by Gasteiger charge is -2.26. The Labute approximate surface area is 157 Å². The summed E-state index contributed by atoms with van der Waals surface area (Å²) in [6.45, 7) is 3.69. The first-order chi connectivity index (χ1) is 12.7. The normalized spacial score (nSPS) is 19.6. The summed E-state index contributed by atoms with van der Waals surface area (Å²) in [7, 11) is -2.09. The van der Waals surface area contributed by atoms with E-state index in [9.17, 15) is 17.6 Å². The number of carbonyl (C=O) groups excluding carboxylic acids is 1. The first kappa shape index (κ1) is 19.5. The predicted octanol–water partition coefficient (Wildman–Crippen LogP) is 1.79. The molecule has 0 bridgehead atoms. The molecule has 0 aliphatic carbocycles. The molecule has 1 aromatic carbocycles. The van der Waals surface area contributed by atoms with E-state index in [1.807, 2.05) is 13.8 Å². The summed E-state index contributed by atoms with van der Waals surface area (Å²) in [6, 6.07) is 5.19. The van der Waals surface area contributed by atoms with Crippen LogP contribution in [0, 0.1) is 5.82 Å². The monoisotopic (exact) mass is 395 g/mol. The van der Waals surface area contributed by atoms with Crippen molar-refractivity contribution in [3.8, 4) is 0 Å². The van der Waals surface area contributed by atoms with Crippen molar-refractivity contribution < 1.29 is 22.3 Å². The van der Waals surface area contributed by atoms with Gasteiger partial charge in [-0.3, -0.25) is 9.48 Å². The number of fused-ring (bicyclic) bond motifs is 1. The van der Waals surface area contributed by atoms with Crippen molar-refractivity contribution >= 4 is 15.7 Å². The largest absolute Gasteiger partial charge is 0.369 e. The molecule has 0 fully saturated rings. The van der Waals surface area contributed by atoms with Crippen molar-refractivity contribution in [3.05, 3.63) is 47.0 Å². The van der Waals surface area contributed by atoms with Gasteiger partial charge in [-0.2, -0.15) is 5.10 Å². The number of nitrogens with one attached hydrogen (secondary N) is 1. The number of aromatic nitrogens is 2. The third-order valence-corrected chi connectivity index (χ3v) is 6.29. The summed E-state index contributed by atoms with van der Waals surface area (Å²) in [6.07, 6.45) is 0.345. The molecule has 3 rings (SSSR count). The van der Waals surface area contributed by atoms with E-state index in [-0.39, 0.29) is 29.3 Å². The Morgan fingerprint density at radius 2 is 2.07 bits per heavy atom. The van der Waals surface area contributed by atoms with Crippen LogP contribution in [0.5, 0.6) is 0 Å². The molecule has 2 aromatic rings. The zero-order valence-electron chi connectivity index (χ0n) is 15.4. The highest BCUT2D eigenvalue weighted by molar-refractivity contribution is 7.91. The second-order valence-corrected chi connectivity index (χ2v) is 8.71. The van der Waals surface area contributed by atoms with E-state index in [1.165, 1.54) is 18.2 Å². The molecule has 7 nitrogen and oxygen atoms in total. The molecular weight excluding hydrogens is 373 g/mol. The number of rotatable bonds is 5. The van der Waals surface area contributed by atoms with Crippen molar-refractivity contribution in [2.45, 2.75) is 37.4 Å². The third-order valence-electron chi connectivity index (χ3n) is 4.55. The molecule has 9 heteroatoms. The fraction of sp³-hybridized carbons (Fsp3) is 0.444. The molecule has 0 radical (unpaired) electrons. The van der Waals surface area contributed by atoms with Crippen LogP contribution in [0.15, 0.2) is 29.2 Å². The van der Waals surface area contributed by atoms with Crippen molar-refractivity contribution in [2.24, 2.45) is 7.05 Å². The highest BCUT2D eigenvalue weighted by Crippen LogP contribution is 2.31. The van der Waals surface area contributed by atoms with Crippen LogP contribution in [0.1, 0.15) is 41.7 Å². The van der Waals surface area contributed by atoms with Crippen LogP contribution < -0.4 is 5.32 Å². The van der Waals surface area contributed by atoms with Crippen molar-refractivity contribution in [2.75, 3.05) is 12.3 Å². The molecular formula is C18H22FN3O4S.